The largest absolute Gasteiger partial charge is 0.388 e. The topological polar surface area (TPSA) is 33.1 Å². The zero-order valence-electron chi connectivity index (χ0n) is 11.3. The maximum atomic E-state index is 10.7. The van der Waals surface area contributed by atoms with Crippen molar-refractivity contribution in [3.8, 4) is 0 Å². The van der Waals surface area contributed by atoms with E-state index in [2.05, 4.69) is 45.2 Å². The second-order valence-corrected chi connectivity index (χ2v) is 6.43. The fraction of sp³-hybridized carbons (Fsp3) is 0.353. The average molecular weight is 332 g/mol. The number of aryl methyl sites for hydroxylation is 1. The molecule has 2 atom stereocenters. The SMILES string of the molecule is OC1c2ccccc2CCCC1Cc1cncc(Br)c1. The van der Waals surface area contributed by atoms with Gasteiger partial charge >= 0.3 is 0 Å². The van der Waals surface area contributed by atoms with Crippen LogP contribution in [0.15, 0.2) is 47.2 Å². The molecule has 1 heterocycles. The van der Waals surface area contributed by atoms with Gasteiger partial charge in [0.2, 0.25) is 0 Å². The molecule has 0 aliphatic heterocycles. The third kappa shape index (κ3) is 2.94. The van der Waals surface area contributed by atoms with Crippen LogP contribution in [-0.4, -0.2) is 10.1 Å². The first-order chi connectivity index (χ1) is 9.74. The molecule has 0 saturated carbocycles. The van der Waals surface area contributed by atoms with Crippen LogP contribution in [-0.2, 0) is 12.8 Å². The zero-order valence-corrected chi connectivity index (χ0v) is 12.9. The van der Waals surface area contributed by atoms with E-state index in [0.717, 1.165) is 35.7 Å². The van der Waals surface area contributed by atoms with Gasteiger partial charge in [0.15, 0.2) is 0 Å². The van der Waals surface area contributed by atoms with E-state index in [-0.39, 0.29) is 12.0 Å². The highest BCUT2D eigenvalue weighted by Crippen LogP contribution is 2.35. The molecule has 0 spiro atoms. The molecule has 2 nitrogen and oxygen atoms in total. The van der Waals surface area contributed by atoms with E-state index in [4.69, 9.17) is 0 Å². The Labute approximate surface area is 128 Å². The highest BCUT2D eigenvalue weighted by Gasteiger charge is 2.25. The Morgan fingerprint density at radius 3 is 2.95 bits per heavy atom. The summed E-state index contributed by atoms with van der Waals surface area (Å²) in [7, 11) is 0. The predicted octanol–water partition coefficient (Wildman–Crippen LogP) is 4.07. The Balaban J connectivity index is 1.84. The Kier molecular flexibility index (Phi) is 4.18. The fourth-order valence-electron chi connectivity index (χ4n) is 3.10. The van der Waals surface area contributed by atoms with Crippen molar-refractivity contribution in [1.82, 2.24) is 4.98 Å². The Morgan fingerprint density at radius 2 is 2.10 bits per heavy atom. The number of fused-ring (bicyclic) bond motifs is 1. The number of hydrogen-bond donors (Lipinski definition) is 1. The lowest BCUT2D eigenvalue weighted by Gasteiger charge is -2.22. The molecule has 0 amide bonds. The standard InChI is InChI=1S/C17H18BrNO/c18-15-9-12(10-19-11-15)8-14-6-3-5-13-4-1-2-7-16(13)17(14)20/h1-2,4,7,9-11,14,17,20H,3,5-6,8H2. The molecule has 0 bridgehead atoms. The van der Waals surface area contributed by atoms with Crippen LogP contribution in [0.4, 0.5) is 0 Å². The molecule has 0 radical (unpaired) electrons. The fourth-order valence-corrected chi connectivity index (χ4v) is 3.51. The summed E-state index contributed by atoms with van der Waals surface area (Å²) in [5, 5.41) is 10.7. The number of aromatic nitrogens is 1. The Bertz CT molecular complexity index is 599. The van der Waals surface area contributed by atoms with E-state index in [9.17, 15) is 5.11 Å². The van der Waals surface area contributed by atoms with Crippen LogP contribution in [0, 0.1) is 5.92 Å². The normalized spacial score (nSPS) is 22.1. The molecule has 20 heavy (non-hydrogen) atoms. The average Bonchev–Trinajstić information content (AvgIpc) is 2.60. The number of aliphatic hydroxyl groups is 1. The van der Waals surface area contributed by atoms with Crippen LogP contribution in [0.5, 0.6) is 0 Å². The smallest absolute Gasteiger partial charge is 0.0824 e. The van der Waals surface area contributed by atoms with Gasteiger partial charge in [0.05, 0.1) is 6.10 Å². The van der Waals surface area contributed by atoms with Crippen molar-refractivity contribution in [2.24, 2.45) is 5.92 Å². The number of nitrogens with zero attached hydrogens (tertiary/aromatic N) is 1. The maximum Gasteiger partial charge on any atom is 0.0824 e. The molecule has 2 aromatic rings. The van der Waals surface area contributed by atoms with Crippen LogP contribution < -0.4 is 0 Å². The summed E-state index contributed by atoms with van der Waals surface area (Å²) in [6, 6.07) is 10.4. The molecule has 3 heteroatoms. The van der Waals surface area contributed by atoms with Crippen LogP contribution in [0.25, 0.3) is 0 Å². The van der Waals surface area contributed by atoms with E-state index in [0.29, 0.717) is 0 Å². The second-order valence-electron chi connectivity index (χ2n) is 5.51. The van der Waals surface area contributed by atoms with Crippen molar-refractivity contribution in [1.29, 1.82) is 0 Å². The van der Waals surface area contributed by atoms with Gasteiger partial charge in [0.1, 0.15) is 0 Å². The van der Waals surface area contributed by atoms with Gasteiger partial charge in [-0.15, -0.1) is 0 Å². The molecule has 3 rings (SSSR count). The van der Waals surface area contributed by atoms with Gasteiger partial charge in [-0.3, -0.25) is 4.98 Å². The lowest BCUT2D eigenvalue weighted by Crippen LogP contribution is -2.14. The van der Waals surface area contributed by atoms with E-state index >= 15 is 0 Å². The first-order valence-electron chi connectivity index (χ1n) is 7.09. The first-order valence-corrected chi connectivity index (χ1v) is 7.88. The highest BCUT2D eigenvalue weighted by atomic mass is 79.9. The molecule has 1 aliphatic rings. The van der Waals surface area contributed by atoms with Crippen molar-refractivity contribution in [3.63, 3.8) is 0 Å². The molecule has 1 aromatic heterocycles. The molecular weight excluding hydrogens is 314 g/mol. The number of benzene rings is 1. The third-order valence-corrected chi connectivity index (χ3v) is 4.53. The minimum Gasteiger partial charge on any atom is -0.388 e. The van der Waals surface area contributed by atoms with Crippen molar-refractivity contribution < 1.29 is 5.11 Å². The summed E-state index contributed by atoms with van der Waals surface area (Å²) in [5.74, 6) is 0.273. The number of pyridine rings is 1. The van der Waals surface area contributed by atoms with Crippen LogP contribution >= 0.6 is 15.9 Å². The summed E-state index contributed by atoms with van der Waals surface area (Å²) < 4.78 is 0.999. The third-order valence-electron chi connectivity index (χ3n) is 4.10. The highest BCUT2D eigenvalue weighted by molar-refractivity contribution is 9.10. The summed E-state index contributed by atoms with van der Waals surface area (Å²) in [6.07, 6.45) is 7.47. The van der Waals surface area contributed by atoms with Gasteiger partial charge in [0.25, 0.3) is 0 Å². The van der Waals surface area contributed by atoms with E-state index in [1.807, 2.05) is 12.3 Å². The van der Waals surface area contributed by atoms with Gasteiger partial charge < -0.3 is 5.11 Å². The van der Waals surface area contributed by atoms with Crippen molar-refractivity contribution in [2.75, 3.05) is 0 Å². The molecule has 1 aliphatic carbocycles. The van der Waals surface area contributed by atoms with Crippen molar-refractivity contribution >= 4 is 15.9 Å². The van der Waals surface area contributed by atoms with E-state index in [1.54, 1.807) is 6.20 Å². The molecule has 1 N–H and O–H groups in total. The van der Waals surface area contributed by atoms with Crippen LogP contribution in [0.2, 0.25) is 0 Å². The van der Waals surface area contributed by atoms with Crippen molar-refractivity contribution in [3.05, 3.63) is 63.9 Å². The second kappa shape index (κ2) is 6.06. The molecule has 104 valence electrons. The Hall–Kier alpha value is -1.19. The zero-order chi connectivity index (χ0) is 13.9. The molecular formula is C17H18BrNO. The molecule has 0 saturated heterocycles. The summed E-state index contributed by atoms with van der Waals surface area (Å²) in [6.45, 7) is 0. The van der Waals surface area contributed by atoms with Crippen LogP contribution in [0.1, 0.15) is 35.6 Å². The molecule has 1 aromatic carbocycles. The summed E-state index contributed by atoms with van der Waals surface area (Å²) in [5.41, 5.74) is 3.59. The monoisotopic (exact) mass is 331 g/mol. The minimum absolute atomic E-state index is 0.273. The summed E-state index contributed by atoms with van der Waals surface area (Å²) in [4.78, 5) is 4.21. The van der Waals surface area contributed by atoms with E-state index in [1.165, 1.54) is 11.1 Å². The lowest BCUT2D eigenvalue weighted by atomic mass is 9.88. The quantitative estimate of drug-likeness (QED) is 0.841. The van der Waals surface area contributed by atoms with Crippen LogP contribution in [0.3, 0.4) is 0 Å². The first kappa shape index (κ1) is 13.8. The minimum atomic E-state index is -0.368. The predicted molar refractivity (Wildman–Crippen MR) is 83.5 cm³/mol. The number of halogens is 1. The van der Waals surface area contributed by atoms with Gasteiger partial charge in [0, 0.05) is 16.9 Å². The van der Waals surface area contributed by atoms with Gasteiger partial charge in [-0.1, -0.05) is 24.3 Å². The summed E-state index contributed by atoms with van der Waals surface area (Å²) >= 11 is 3.46. The van der Waals surface area contributed by atoms with Crippen molar-refractivity contribution in [2.45, 2.75) is 31.8 Å². The lowest BCUT2D eigenvalue weighted by molar-refractivity contribution is 0.105. The van der Waals surface area contributed by atoms with Gasteiger partial charge in [-0.2, -0.15) is 0 Å². The molecule has 2 unspecified atom stereocenters. The number of rotatable bonds is 2. The number of hydrogen-bond acceptors (Lipinski definition) is 2. The van der Waals surface area contributed by atoms with E-state index < -0.39 is 0 Å². The Morgan fingerprint density at radius 1 is 1.25 bits per heavy atom. The van der Waals surface area contributed by atoms with Gasteiger partial charge in [-0.25, -0.2) is 0 Å². The maximum absolute atomic E-state index is 10.7. The number of aliphatic hydroxyl groups excluding tert-OH is 1. The molecule has 0 fully saturated rings. The van der Waals surface area contributed by atoms with Gasteiger partial charge in [-0.05, 0) is 70.3 Å².